The van der Waals surface area contributed by atoms with Crippen molar-refractivity contribution >= 4 is 0 Å². The van der Waals surface area contributed by atoms with Crippen molar-refractivity contribution in [2.45, 2.75) is 33.2 Å². The summed E-state index contributed by atoms with van der Waals surface area (Å²) in [6.45, 7) is 9.11. The zero-order chi connectivity index (χ0) is 9.40. The Kier molecular flexibility index (Phi) is 7.45. The van der Waals surface area contributed by atoms with E-state index in [4.69, 9.17) is 4.74 Å². The second kappa shape index (κ2) is 7.53. The van der Waals surface area contributed by atoms with Crippen LogP contribution in [0, 0.1) is 0 Å². The summed E-state index contributed by atoms with van der Waals surface area (Å²) in [5.41, 5.74) is 3.16. The van der Waals surface area contributed by atoms with E-state index in [0.717, 1.165) is 26.2 Å². The first-order chi connectivity index (χ1) is 5.72. The second-order valence-electron chi connectivity index (χ2n) is 3.06. The molecule has 3 heteroatoms. The van der Waals surface area contributed by atoms with Crippen LogP contribution in [-0.4, -0.2) is 37.9 Å². The molecule has 0 rings (SSSR count). The fourth-order valence-corrected chi connectivity index (χ4v) is 1.11. The van der Waals surface area contributed by atoms with Crippen molar-refractivity contribution in [3.63, 3.8) is 0 Å². The van der Waals surface area contributed by atoms with Crippen molar-refractivity contribution < 1.29 is 4.74 Å². The Morgan fingerprint density at radius 1 is 1.42 bits per heavy atom. The second-order valence-corrected chi connectivity index (χ2v) is 3.06. The van der Waals surface area contributed by atoms with Crippen molar-refractivity contribution in [2.24, 2.45) is 0 Å². The highest BCUT2D eigenvalue weighted by atomic mass is 16.5. The Balaban J connectivity index is 3.32. The van der Waals surface area contributed by atoms with Crippen molar-refractivity contribution in [2.75, 3.05) is 26.8 Å². The summed E-state index contributed by atoms with van der Waals surface area (Å²) in [6, 6.07) is 0.552. The van der Waals surface area contributed by atoms with Crippen molar-refractivity contribution in [3.05, 3.63) is 0 Å². The topological polar surface area (TPSA) is 24.5 Å². The zero-order valence-corrected chi connectivity index (χ0v) is 8.76. The van der Waals surface area contributed by atoms with Gasteiger partial charge in [0.05, 0.1) is 0 Å². The van der Waals surface area contributed by atoms with Gasteiger partial charge in [0.15, 0.2) is 0 Å². The highest BCUT2D eigenvalue weighted by Gasteiger charge is 2.04. The number of nitrogens with one attached hydrogen (secondary N) is 1. The van der Waals surface area contributed by atoms with Crippen LogP contribution < -0.4 is 5.43 Å². The zero-order valence-electron chi connectivity index (χ0n) is 8.76. The van der Waals surface area contributed by atoms with Gasteiger partial charge in [-0.3, -0.25) is 5.43 Å². The molecule has 3 nitrogen and oxygen atoms in total. The average molecular weight is 174 g/mol. The van der Waals surface area contributed by atoms with Gasteiger partial charge in [-0.2, -0.15) is 0 Å². The summed E-state index contributed by atoms with van der Waals surface area (Å²) in [7, 11) is 1.96. The van der Waals surface area contributed by atoms with E-state index in [1.54, 1.807) is 0 Å². The van der Waals surface area contributed by atoms with E-state index >= 15 is 0 Å². The summed E-state index contributed by atoms with van der Waals surface area (Å²) in [5, 5.41) is 2.21. The predicted molar refractivity (Wildman–Crippen MR) is 52.0 cm³/mol. The lowest BCUT2D eigenvalue weighted by Crippen LogP contribution is -2.41. The Labute approximate surface area is 76.1 Å². The Morgan fingerprint density at radius 3 is 2.50 bits per heavy atom. The van der Waals surface area contributed by atoms with Crippen molar-refractivity contribution in [3.8, 4) is 0 Å². The van der Waals surface area contributed by atoms with Crippen LogP contribution in [0.25, 0.3) is 0 Å². The lowest BCUT2D eigenvalue weighted by Gasteiger charge is -2.24. The summed E-state index contributed by atoms with van der Waals surface area (Å²) < 4.78 is 5.25. The molecule has 0 spiro atoms. The van der Waals surface area contributed by atoms with Gasteiger partial charge in [-0.1, -0.05) is 0 Å². The highest BCUT2D eigenvalue weighted by molar-refractivity contribution is 4.55. The molecule has 0 aliphatic heterocycles. The van der Waals surface area contributed by atoms with E-state index in [0.29, 0.717) is 6.04 Å². The van der Waals surface area contributed by atoms with Crippen LogP contribution in [0.4, 0.5) is 0 Å². The predicted octanol–water partition coefficient (Wildman–Crippen LogP) is 1.26. The Bertz CT molecular complexity index is 96.5. The molecule has 0 radical (unpaired) electrons. The summed E-state index contributed by atoms with van der Waals surface area (Å²) in [5.74, 6) is 0. The van der Waals surface area contributed by atoms with Crippen LogP contribution in [0.15, 0.2) is 0 Å². The molecule has 0 unspecified atom stereocenters. The van der Waals surface area contributed by atoms with Crippen LogP contribution in [0.2, 0.25) is 0 Å². The third-order valence-electron chi connectivity index (χ3n) is 1.80. The first-order valence-electron chi connectivity index (χ1n) is 4.74. The molecule has 0 aliphatic rings. The molecule has 0 atom stereocenters. The van der Waals surface area contributed by atoms with Gasteiger partial charge in [-0.15, -0.1) is 0 Å². The van der Waals surface area contributed by atoms with Gasteiger partial charge in [0.25, 0.3) is 0 Å². The van der Waals surface area contributed by atoms with Crippen LogP contribution in [0.5, 0.6) is 0 Å². The van der Waals surface area contributed by atoms with Gasteiger partial charge in [0.2, 0.25) is 0 Å². The van der Waals surface area contributed by atoms with Gasteiger partial charge in [-0.05, 0) is 34.2 Å². The lowest BCUT2D eigenvalue weighted by molar-refractivity contribution is 0.108. The molecule has 0 aromatic heterocycles. The first kappa shape index (κ1) is 11.9. The van der Waals surface area contributed by atoms with Gasteiger partial charge < -0.3 is 4.74 Å². The highest BCUT2D eigenvalue weighted by Crippen LogP contribution is 1.94. The smallest absolute Gasteiger partial charge is 0.0478 e. The monoisotopic (exact) mass is 174 g/mol. The molecule has 0 aromatic rings. The minimum absolute atomic E-state index is 0.552. The van der Waals surface area contributed by atoms with Gasteiger partial charge >= 0.3 is 0 Å². The maximum atomic E-state index is 5.25. The van der Waals surface area contributed by atoms with Gasteiger partial charge in [0.1, 0.15) is 0 Å². The van der Waals surface area contributed by atoms with Crippen LogP contribution >= 0.6 is 0 Å². The molecular formula is C9H22N2O. The van der Waals surface area contributed by atoms with Gasteiger partial charge in [0, 0.05) is 25.8 Å². The first-order valence-corrected chi connectivity index (χ1v) is 4.74. The average Bonchev–Trinajstić information content (AvgIpc) is 2.04. The standard InChI is InChI=1S/C9H22N2O/c1-5-12-8-6-7-11(10-4)9(2)3/h9-10H,5-8H2,1-4H3. The molecule has 1 N–H and O–H groups in total. The molecule has 74 valence electrons. The van der Waals surface area contributed by atoms with E-state index in [9.17, 15) is 0 Å². The number of hydrogen-bond acceptors (Lipinski definition) is 3. The van der Waals surface area contributed by atoms with Crippen molar-refractivity contribution in [1.29, 1.82) is 0 Å². The van der Waals surface area contributed by atoms with Crippen LogP contribution in [-0.2, 0) is 4.74 Å². The quantitative estimate of drug-likeness (QED) is 0.464. The molecule has 0 bridgehead atoms. The van der Waals surface area contributed by atoms with Crippen LogP contribution in [0.1, 0.15) is 27.2 Å². The normalized spacial score (nSPS) is 11.5. The molecule has 0 heterocycles. The fraction of sp³-hybridized carbons (Fsp3) is 1.00. The minimum Gasteiger partial charge on any atom is -0.382 e. The van der Waals surface area contributed by atoms with E-state index in [-0.39, 0.29) is 0 Å². The number of hydrogen-bond donors (Lipinski definition) is 1. The van der Waals surface area contributed by atoms with E-state index in [1.807, 2.05) is 14.0 Å². The molecule has 0 aliphatic carbocycles. The van der Waals surface area contributed by atoms with Crippen LogP contribution in [0.3, 0.4) is 0 Å². The molecule has 0 amide bonds. The lowest BCUT2D eigenvalue weighted by atomic mass is 10.3. The molecule has 0 aromatic carbocycles. The molecule has 0 saturated carbocycles. The Hall–Kier alpha value is -0.120. The van der Waals surface area contributed by atoms with E-state index < -0.39 is 0 Å². The molecular weight excluding hydrogens is 152 g/mol. The number of rotatable bonds is 7. The third-order valence-corrected chi connectivity index (χ3v) is 1.80. The fourth-order valence-electron chi connectivity index (χ4n) is 1.11. The minimum atomic E-state index is 0.552. The molecule has 12 heavy (non-hydrogen) atoms. The maximum Gasteiger partial charge on any atom is 0.0478 e. The summed E-state index contributed by atoms with van der Waals surface area (Å²) in [6.07, 6.45) is 1.09. The number of ether oxygens (including phenoxy) is 1. The SMILES string of the molecule is CCOCCCN(NC)C(C)C. The van der Waals surface area contributed by atoms with E-state index in [1.165, 1.54) is 0 Å². The Morgan fingerprint density at radius 2 is 2.08 bits per heavy atom. The van der Waals surface area contributed by atoms with Crippen molar-refractivity contribution in [1.82, 2.24) is 10.4 Å². The maximum absolute atomic E-state index is 5.25. The molecule has 0 fully saturated rings. The largest absolute Gasteiger partial charge is 0.382 e. The molecule has 0 saturated heterocycles. The summed E-state index contributed by atoms with van der Waals surface area (Å²) in [4.78, 5) is 0. The third kappa shape index (κ3) is 5.52. The number of hydrazine groups is 1. The summed E-state index contributed by atoms with van der Waals surface area (Å²) >= 11 is 0. The van der Waals surface area contributed by atoms with E-state index in [2.05, 4.69) is 24.3 Å². The number of nitrogens with zero attached hydrogens (tertiary/aromatic N) is 1. The van der Waals surface area contributed by atoms with Gasteiger partial charge in [-0.25, -0.2) is 5.01 Å².